The number of carbonyl (C=O) groups excluding carboxylic acids is 1. The maximum absolute atomic E-state index is 12.2. The van der Waals surface area contributed by atoms with E-state index in [1.165, 1.54) is 11.1 Å². The number of hydrogen-bond acceptors (Lipinski definition) is 2. The van der Waals surface area contributed by atoms with Gasteiger partial charge in [0.25, 0.3) is 0 Å². The number of nitrogens with one attached hydrogen (secondary N) is 1. The summed E-state index contributed by atoms with van der Waals surface area (Å²) in [6.45, 7) is 5.69. The molecule has 0 spiro atoms. The third-order valence-electron chi connectivity index (χ3n) is 3.49. The van der Waals surface area contributed by atoms with Crippen LogP contribution in [0.25, 0.3) is 0 Å². The van der Waals surface area contributed by atoms with Crippen LogP contribution in [0.2, 0.25) is 0 Å². The van der Waals surface area contributed by atoms with Gasteiger partial charge in [-0.3, -0.25) is 4.79 Å². The van der Waals surface area contributed by atoms with Crippen LogP contribution in [0.5, 0.6) is 0 Å². The summed E-state index contributed by atoms with van der Waals surface area (Å²) in [4.78, 5) is 14.1. The molecule has 0 saturated carbocycles. The van der Waals surface area contributed by atoms with E-state index in [2.05, 4.69) is 43.4 Å². The van der Waals surface area contributed by atoms with Crippen molar-refractivity contribution in [2.24, 2.45) is 5.92 Å². The average Bonchev–Trinajstić information content (AvgIpc) is 2.41. The third-order valence-corrected chi connectivity index (χ3v) is 3.49. The standard InChI is InChI=1S/C16H26N2O/c1-5-15(12-17-3)16(19)18(4)10-9-14-8-6-7-13(2)11-14/h6-8,11,15,17H,5,9-10,12H2,1-4H3. The smallest absolute Gasteiger partial charge is 0.226 e. The highest BCUT2D eigenvalue weighted by atomic mass is 16.2. The Morgan fingerprint density at radius 3 is 2.74 bits per heavy atom. The Bertz CT molecular complexity index is 403. The van der Waals surface area contributed by atoms with Crippen LogP contribution in [0.1, 0.15) is 24.5 Å². The van der Waals surface area contributed by atoms with Gasteiger partial charge in [0.05, 0.1) is 5.92 Å². The van der Waals surface area contributed by atoms with Gasteiger partial charge in [-0.25, -0.2) is 0 Å². The summed E-state index contributed by atoms with van der Waals surface area (Å²) < 4.78 is 0. The van der Waals surface area contributed by atoms with E-state index in [0.29, 0.717) is 0 Å². The molecule has 0 aliphatic heterocycles. The average molecular weight is 262 g/mol. The Morgan fingerprint density at radius 1 is 1.42 bits per heavy atom. The molecule has 1 rings (SSSR count). The molecule has 1 amide bonds. The van der Waals surface area contributed by atoms with E-state index in [9.17, 15) is 4.79 Å². The van der Waals surface area contributed by atoms with E-state index in [0.717, 1.165) is 25.9 Å². The summed E-state index contributed by atoms with van der Waals surface area (Å²) in [5, 5.41) is 3.09. The normalized spacial score (nSPS) is 12.2. The van der Waals surface area contributed by atoms with Gasteiger partial charge in [0.1, 0.15) is 0 Å². The summed E-state index contributed by atoms with van der Waals surface area (Å²) in [5.74, 6) is 0.331. The molecule has 0 aliphatic carbocycles. The molecule has 1 aromatic rings. The number of likely N-dealkylation sites (N-methyl/N-ethyl adjacent to an activating group) is 1. The van der Waals surface area contributed by atoms with Gasteiger partial charge < -0.3 is 10.2 Å². The molecule has 19 heavy (non-hydrogen) atoms. The van der Waals surface area contributed by atoms with Gasteiger partial charge in [0, 0.05) is 20.1 Å². The lowest BCUT2D eigenvalue weighted by molar-refractivity contribution is -0.134. The van der Waals surface area contributed by atoms with Crippen LogP contribution in [0.4, 0.5) is 0 Å². The molecule has 1 N–H and O–H groups in total. The highest BCUT2D eigenvalue weighted by Gasteiger charge is 2.19. The molecule has 1 unspecified atom stereocenters. The van der Waals surface area contributed by atoms with Crippen molar-refractivity contribution in [1.29, 1.82) is 0 Å². The van der Waals surface area contributed by atoms with Crippen molar-refractivity contribution in [3.05, 3.63) is 35.4 Å². The number of hydrogen-bond donors (Lipinski definition) is 1. The number of amides is 1. The van der Waals surface area contributed by atoms with E-state index in [1.807, 2.05) is 19.0 Å². The molecule has 0 aromatic heterocycles. The minimum atomic E-state index is 0.0903. The van der Waals surface area contributed by atoms with Crippen LogP contribution < -0.4 is 5.32 Å². The van der Waals surface area contributed by atoms with Crippen LogP contribution in [-0.4, -0.2) is 38.0 Å². The lowest BCUT2D eigenvalue weighted by atomic mass is 10.0. The molecule has 0 saturated heterocycles. The number of nitrogens with zero attached hydrogens (tertiary/aromatic N) is 1. The zero-order valence-electron chi connectivity index (χ0n) is 12.6. The fraction of sp³-hybridized carbons (Fsp3) is 0.562. The zero-order chi connectivity index (χ0) is 14.3. The highest BCUT2D eigenvalue weighted by Crippen LogP contribution is 2.08. The summed E-state index contributed by atoms with van der Waals surface area (Å²) in [6, 6.07) is 8.47. The van der Waals surface area contributed by atoms with Crippen molar-refractivity contribution in [2.75, 3.05) is 27.2 Å². The molecule has 0 bridgehead atoms. The van der Waals surface area contributed by atoms with E-state index >= 15 is 0 Å². The quantitative estimate of drug-likeness (QED) is 0.817. The van der Waals surface area contributed by atoms with Crippen LogP contribution in [0.3, 0.4) is 0 Å². The molecule has 0 fully saturated rings. The van der Waals surface area contributed by atoms with Crippen LogP contribution in [0, 0.1) is 12.8 Å². The minimum absolute atomic E-state index is 0.0903. The van der Waals surface area contributed by atoms with E-state index in [4.69, 9.17) is 0 Å². The summed E-state index contributed by atoms with van der Waals surface area (Å²) >= 11 is 0. The lowest BCUT2D eigenvalue weighted by Gasteiger charge is -2.23. The molecular weight excluding hydrogens is 236 g/mol. The number of benzene rings is 1. The van der Waals surface area contributed by atoms with Gasteiger partial charge in [-0.15, -0.1) is 0 Å². The zero-order valence-corrected chi connectivity index (χ0v) is 12.6. The molecule has 1 atom stereocenters. The van der Waals surface area contributed by atoms with Crippen molar-refractivity contribution >= 4 is 5.91 Å². The maximum atomic E-state index is 12.2. The largest absolute Gasteiger partial charge is 0.345 e. The molecule has 3 heteroatoms. The second-order valence-corrected chi connectivity index (χ2v) is 5.16. The highest BCUT2D eigenvalue weighted by molar-refractivity contribution is 5.78. The third kappa shape index (κ3) is 5.03. The van der Waals surface area contributed by atoms with Gasteiger partial charge >= 0.3 is 0 Å². The first-order valence-corrected chi connectivity index (χ1v) is 7.03. The van der Waals surface area contributed by atoms with E-state index in [-0.39, 0.29) is 11.8 Å². The molecule has 0 radical (unpaired) electrons. The number of rotatable bonds is 7. The summed E-state index contributed by atoms with van der Waals surface area (Å²) in [5.41, 5.74) is 2.56. The first-order valence-electron chi connectivity index (χ1n) is 7.03. The fourth-order valence-electron chi connectivity index (χ4n) is 2.24. The summed E-state index contributed by atoms with van der Waals surface area (Å²) in [7, 11) is 3.79. The summed E-state index contributed by atoms with van der Waals surface area (Å²) in [6.07, 6.45) is 1.80. The van der Waals surface area contributed by atoms with Crippen LogP contribution in [0.15, 0.2) is 24.3 Å². The first-order chi connectivity index (χ1) is 9.08. The molecule has 0 heterocycles. The number of aryl methyl sites for hydroxylation is 1. The Balaban J connectivity index is 2.50. The van der Waals surface area contributed by atoms with Gasteiger partial charge in [-0.1, -0.05) is 36.8 Å². The van der Waals surface area contributed by atoms with Crippen molar-refractivity contribution < 1.29 is 4.79 Å². The Kier molecular flexibility index (Phi) is 6.57. The number of carbonyl (C=O) groups is 1. The van der Waals surface area contributed by atoms with Crippen molar-refractivity contribution in [2.45, 2.75) is 26.7 Å². The molecule has 0 aliphatic rings. The van der Waals surface area contributed by atoms with E-state index in [1.54, 1.807) is 0 Å². The topological polar surface area (TPSA) is 32.3 Å². The monoisotopic (exact) mass is 262 g/mol. The molecule has 3 nitrogen and oxygen atoms in total. The first kappa shape index (κ1) is 15.7. The maximum Gasteiger partial charge on any atom is 0.226 e. The SMILES string of the molecule is CCC(CNC)C(=O)N(C)CCc1cccc(C)c1. The Labute approximate surface area is 117 Å². The second-order valence-electron chi connectivity index (χ2n) is 5.16. The second kappa shape index (κ2) is 7.95. The van der Waals surface area contributed by atoms with Crippen molar-refractivity contribution in [3.8, 4) is 0 Å². The fourth-order valence-corrected chi connectivity index (χ4v) is 2.24. The van der Waals surface area contributed by atoms with Crippen molar-refractivity contribution in [3.63, 3.8) is 0 Å². The predicted octanol–water partition coefficient (Wildman–Crippen LogP) is 2.24. The van der Waals surface area contributed by atoms with Gasteiger partial charge in [0.2, 0.25) is 5.91 Å². The molecule has 1 aromatic carbocycles. The Hall–Kier alpha value is -1.35. The van der Waals surface area contributed by atoms with Crippen LogP contribution in [-0.2, 0) is 11.2 Å². The van der Waals surface area contributed by atoms with Crippen molar-refractivity contribution in [1.82, 2.24) is 10.2 Å². The van der Waals surface area contributed by atoms with Gasteiger partial charge in [0.15, 0.2) is 0 Å². The predicted molar refractivity (Wildman–Crippen MR) is 80.2 cm³/mol. The lowest BCUT2D eigenvalue weighted by Crippen LogP contribution is -2.38. The minimum Gasteiger partial charge on any atom is -0.345 e. The Morgan fingerprint density at radius 2 is 2.16 bits per heavy atom. The van der Waals surface area contributed by atoms with Gasteiger partial charge in [-0.2, -0.15) is 0 Å². The van der Waals surface area contributed by atoms with Crippen LogP contribution >= 0.6 is 0 Å². The van der Waals surface area contributed by atoms with Gasteiger partial charge in [-0.05, 0) is 32.4 Å². The van der Waals surface area contributed by atoms with E-state index < -0.39 is 0 Å². The molecular formula is C16H26N2O. The molecule has 106 valence electrons.